The second-order valence-corrected chi connectivity index (χ2v) is 4.93. The maximum absolute atomic E-state index is 13.8. The molecule has 1 rings (SSSR count). The minimum atomic E-state index is -0.197. The summed E-state index contributed by atoms with van der Waals surface area (Å²) in [6.45, 7) is 7.86. The van der Waals surface area contributed by atoms with Crippen LogP contribution >= 0.6 is 12.2 Å². The Kier molecular flexibility index (Phi) is 5.69. The quantitative estimate of drug-likeness (QED) is 0.804. The molecule has 0 aromatic heterocycles. The zero-order valence-electron chi connectivity index (χ0n) is 11.2. The van der Waals surface area contributed by atoms with Crippen LogP contribution in [0.3, 0.4) is 0 Å². The van der Waals surface area contributed by atoms with Crippen molar-refractivity contribution < 1.29 is 4.39 Å². The third-order valence-electron chi connectivity index (χ3n) is 3.32. The van der Waals surface area contributed by atoms with Crippen molar-refractivity contribution in [2.75, 3.05) is 6.54 Å². The molecule has 1 aromatic carbocycles. The fraction of sp³-hybridized carbons (Fsp3) is 0.500. The van der Waals surface area contributed by atoms with E-state index in [-0.39, 0.29) is 5.82 Å². The molecule has 0 bridgehead atoms. The Balaban J connectivity index is 2.94. The fourth-order valence-electron chi connectivity index (χ4n) is 1.91. The van der Waals surface area contributed by atoms with E-state index in [1.807, 2.05) is 0 Å². The molecule has 0 amide bonds. The van der Waals surface area contributed by atoms with Gasteiger partial charge in [0.15, 0.2) is 0 Å². The van der Waals surface area contributed by atoms with E-state index in [0.29, 0.717) is 23.1 Å². The number of thiocarbonyl (C=S) groups is 1. The van der Waals surface area contributed by atoms with E-state index in [1.165, 1.54) is 6.07 Å². The highest BCUT2D eigenvalue weighted by atomic mass is 32.1. The van der Waals surface area contributed by atoms with Gasteiger partial charge in [0, 0.05) is 23.7 Å². The van der Waals surface area contributed by atoms with Gasteiger partial charge in [-0.15, -0.1) is 0 Å². The number of benzene rings is 1. The van der Waals surface area contributed by atoms with Crippen LogP contribution in [0.15, 0.2) is 18.2 Å². The van der Waals surface area contributed by atoms with Crippen molar-refractivity contribution >= 4 is 17.2 Å². The minimum Gasteiger partial charge on any atom is -0.389 e. The number of nitrogens with zero attached hydrogens (tertiary/aromatic N) is 1. The van der Waals surface area contributed by atoms with Gasteiger partial charge in [0.2, 0.25) is 0 Å². The first kappa shape index (κ1) is 15.1. The summed E-state index contributed by atoms with van der Waals surface area (Å²) in [5, 5.41) is 0. The van der Waals surface area contributed by atoms with Gasteiger partial charge < -0.3 is 5.73 Å². The van der Waals surface area contributed by atoms with E-state index in [4.69, 9.17) is 18.0 Å². The van der Waals surface area contributed by atoms with Gasteiger partial charge in [0.25, 0.3) is 0 Å². The highest BCUT2D eigenvalue weighted by molar-refractivity contribution is 7.80. The normalized spacial score (nSPS) is 12.7. The predicted molar refractivity (Wildman–Crippen MR) is 78.1 cm³/mol. The standard InChI is InChI=1S/C14H21FN2S/c1-4-10(3)17(5-2)9-12-8-11(14(16)18)6-7-13(12)15/h6-8,10H,4-5,9H2,1-3H3,(H2,16,18). The Morgan fingerprint density at radius 2 is 2.11 bits per heavy atom. The summed E-state index contributed by atoms with van der Waals surface area (Å²) < 4.78 is 13.8. The lowest BCUT2D eigenvalue weighted by atomic mass is 10.1. The molecule has 0 heterocycles. The summed E-state index contributed by atoms with van der Waals surface area (Å²) in [4.78, 5) is 2.55. The van der Waals surface area contributed by atoms with Gasteiger partial charge >= 0.3 is 0 Å². The molecule has 0 saturated heterocycles. The zero-order chi connectivity index (χ0) is 13.7. The summed E-state index contributed by atoms with van der Waals surface area (Å²) in [6.07, 6.45) is 1.05. The molecular weight excluding hydrogens is 247 g/mol. The monoisotopic (exact) mass is 268 g/mol. The molecule has 18 heavy (non-hydrogen) atoms. The van der Waals surface area contributed by atoms with Gasteiger partial charge in [-0.1, -0.05) is 26.1 Å². The Bertz CT molecular complexity index is 420. The summed E-state index contributed by atoms with van der Waals surface area (Å²) in [7, 11) is 0. The maximum atomic E-state index is 13.8. The molecule has 0 aliphatic heterocycles. The van der Waals surface area contributed by atoms with E-state index in [2.05, 4.69) is 25.7 Å². The van der Waals surface area contributed by atoms with Crippen LogP contribution in [0.2, 0.25) is 0 Å². The molecule has 0 radical (unpaired) electrons. The van der Waals surface area contributed by atoms with Crippen molar-refractivity contribution in [3.8, 4) is 0 Å². The molecule has 2 nitrogen and oxygen atoms in total. The van der Waals surface area contributed by atoms with Crippen LogP contribution < -0.4 is 5.73 Å². The van der Waals surface area contributed by atoms with Crippen molar-refractivity contribution in [2.45, 2.75) is 39.8 Å². The van der Waals surface area contributed by atoms with Crippen LogP contribution in [0.1, 0.15) is 38.3 Å². The van der Waals surface area contributed by atoms with Gasteiger partial charge in [-0.2, -0.15) is 0 Å². The van der Waals surface area contributed by atoms with Crippen molar-refractivity contribution in [3.05, 3.63) is 35.1 Å². The Morgan fingerprint density at radius 3 is 2.61 bits per heavy atom. The van der Waals surface area contributed by atoms with Crippen molar-refractivity contribution in [1.82, 2.24) is 4.90 Å². The predicted octanol–water partition coefficient (Wildman–Crippen LogP) is 3.08. The van der Waals surface area contributed by atoms with Crippen molar-refractivity contribution in [1.29, 1.82) is 0 Å². The number of nitrogens with two attached hydrogens (primary N) is 1. The van der Waals surface area contributed by atoms with Gasteiger partial charge in [-0.25, -0.2) is 4.39 Å². The Labute approximate surface area is 114 Å². The largest absolute Gasteiger partial charge is 0.389 e. The van der Waals surface area contributed by atoms with Crippen LogP contribution in [-0.2, 0) is 6.54 Å². The molecular formula is C14H21FN2S. The fourth-order valence-corrected chi connectivity index (χ4v) is 2.03. The Morgan fingerprint density at radius 1 is 1.44 bits per heavy atom. The van der Waals surface area contributed by atoms with E-state index in [0.717, 1.165) is 18.5 Å². The molecule has 1 unspecified atom stereocenters. The number of halogens is 1. The lowest BCUT2D eigenvalue weighted by Gasteiger charge is -2.27. The molecule has 2 N–H and O–H groups in total. The summed E-state index contributed by atoms with van der Waals surface area (Å²) in [6, 6.07) is 5.25. The molecule has 4 heteroatoms. The second kappa shape index (κ2) is 6.81. The minimum absolute atomic E-state index is 0.197. The first-order chi connectivity index (χ1) is 8.49. The number of rotatable bonds is 6. The van der Waals surface area contributed by atoms with Crippen molar-refractivity contribution in [3.63, 3.8) is 0 Å². The van der Waals surface area contributed by atoms with E-state index in [1.54, 1.807) is 12.1 Å². The molecule has 1 aromatic rings. The number of hydrogen-bond acceptors (Lipinski definition) is 2. The smallest absolute Gasteiger partial charge is 0.127 e. The maximum Gasteiger partial charge on any atom is 0.127 e. The molecule has 0 aliphatic rings. The topological polar surface area (TPSA) is 29.3 Å². The lowest BCUT2D eigenvalue weighted by molar-refractivity contribution is 0.203. The van der Waals surface area contributed by atoms with Crippen LogP contribution in [0, 0.1) is 5.82 Å². The highest BCUT2D eigenvalue weighted by Crippen LogP contribution is 2.15. The van der Waals surface area contributed by atoms with Gasteiger partial charge in [-0.3, -0.25) is 4.90 Å². The van der Waals surface area contributed by atoms with E-state index < -0.39 is 0 Å². The third-order valence-corrected chi connectivity index (χ3v) is 3.56. The van der Waals surface area contributed by atoms with Gasteiger partial charge in [0.1, 0.15) is 10.8 Å². The summed E-state index contributed by atoms with van der Waals surface area (Å²) >= 11 is 4.92. The molecule has 0 spiro atoms. The van der Waals surface area contributed by atoms with E-state index >= 15 is 0 Å². The van der Waals surface area contributed by atoms with Crippen molar-refractivity contribution in [2.24, 2.45) is 5.73 Å². The molecule has 0 fully saturated rings. The molecule has 0 aliphatic carbocycles. The zero-order valence-corrected chi connectivity index (χ0v) is 12.1. The molecule has 0 saturated carbocycles. The highest BCUT2D eigenvalue weighted by Gasteiger charge is 2.13. The summed E-state index contributed by atoms with van der Waals surface area (Å²) in [5.41, 5.74) is 6.96. The second-order valence-electron chi connectivity index (χ2n) is 4.49. The first-order valence-electron chi connectivity index (χ1n) is 6.31. The molecule has 1 atom stereocenters. The third kappa shape index (κ3) is 3.75. The Hall–Kier alpha value is -1.00. The lowest BCUT2D eigenvalue weighted by Crippen LogP contribution is -2.32. The van der Waals surface area contributed by atoms with Crippen LogP contribution in [0.4, 0.5) is 4.39 Å². The SMILES string of the molecule is CCC(C)N(CC)Cc1cc(C(N)=S)ccc1F. The average Bonchev–Trinajstić information content (AvgIpc) is 2.36. The van der Waals surface area contributed by atoms with Gasteiger partial charge in [0.05, 0.1) is 0 Å². The van der Waals surface area contributed by atoms with Crippen LogP contribution in [0.5, 0.6) is 0 Å². The van der Waals surface area contributed by atoms with Gasteiger partial charge in [-0.05, 0) is 38.1 Å². The average molecular weight is 268 g/mol. The first-order valence-corrected chi connectivity index (χ1v) is 6.72. The molecule has 100 valence electrons. The van der Waals surface area contributed by atoms with Crippen LogP contribution in [0.25, 0.3) is 0 Å². The van der Waals surface area contributed by atoms with E-state index in [9.17, 15) is 4.39 Å². The summed E-state index contributed by atoms with van der Waals surface area (Å²) in [5.74, 6) is -0.197. The number of hydrogen-bond donors (Lipinski definition) is 1. The van der Waals surface area contributed by atoms with Crippen LogP contribution in [-0.4, -0.2) is 22.5 Å².